The first kappa shape index (κ1) is 18.6. The number of ether oxygens (including phenoxy) is 1. The van der Waals surface area contributed by atoms with Crippen molar-refractivity contribution in [3.05, 3.63) is 52.8 Å². The van der Waals surface area contributed by atoms with E-state index in [-0.39, 0.29) is 23.3 Å². The average Bonchev–Trinajstić information content (AvgIpc) is 3.08. The van der Waals surface area contributed by atoms with Crippen LogP contribution in [-0.4, -0.2) is 42.0 Å². The topological polar surface area (TPSA) is 67.6 Å². The Morgan fingerprint density at radius 1 is 1.39 bits per heavy atom. The Hall–Kier alpha value is -2.80. The van der Waals surface area contributed by atoms with E-state index in [4.69, 9.17) is 20.8 Å². The molecule has 2 aromatic carbocycles. The number of benzene rings is 2. The Morgan fingerprint density at radius 3 is 3.07 bits per heavy atom. The van der Waals surface area contributed by atoms with E-state index in [0.29, 0.717) is 35.2 Å². The lowest BCUT2D eigenvalue weighted by Gasteiger charge is -2.33. The molecule has 1 amide bonds. The van der Waals surface area contributed by atoms with Crippen molar-refractivity contribution in [2.24, 2.45) is 0 Å². The Labute approximate surface area is 166 Å². The Balaban J connectivity index is 1.49. The van der Waals surface area contributed by atoms with Gasteiger partial charge in [-0.2, -0.15) is 4.98 Å². The van der Waals surface area contributed by atoms with E-state index in [9.17, 15) is 9.18 Å². The summed E-state index contributed by atoms with van der Waals surface area (Å²) in [4.78, 5) is 19.0. The highest BCUT2D eigenvalue weighted by Crippen LogP contribution is 2.27. The van der Waals surface area contributed by atoms with Gasteiger partial charge in [0.15, 0.2) is 17.1 Å². The number of oxazole rings is 1. The van der Waals surface area contributed by atoms with Crippen molar-refractivity contribution in [1.29, 1.82) is 0 Å². The number of anilines is 1. The zero-order chi connectivity index (χ0) is 19.7. The van der Waals surface area contributed by atoms with Gasteiger partial charge >= 0.3 is 0 Å². The van der Waals surface area contributed by atoms with Crippen LogP contribution in [0.15, 0.2) is 40.8 Å². The van der Waals surface area contributed by atoms with Crippen LogP contribution < -0.4 is 10.1 Å². The van der Waals surface area contributed by atoms with Gasteiger partial charge in [0.2, 0.25) is 0 Å². The molecule has 0 bridgehead atoms. The van der Waals surface area contributed by atoms with Crippen molar-refractivity contribution >= 4 is 34.6 Å². The molecule has 1 fully saturated rings. The largest absolute Gasteiger partial charge is 0.493 e. The van der Waals surface area contributed by atoms with E-state index < -0.39 is 5.82 Å². The third-order valence-electron chi connectivity index (χ3n) is 4.79. The van der Waals surface area contributed by atoms with Crippen LogP contribution in [0.25, 0.3) is 11.1 Å². The van der Waals surface area contributed by atoms with Gasteiger partial charge in [-0.3, -0.25) is 4.79 Å². The van der Waals surface area contributed by atoms with E-state index in [2.05, 4.69) is 10.3 Å². The Morgan fingerprint density at radius 2 is 2.25 bits per heavy atom. The van der Waals surface area contributed by atoms with E-state index in [0.717, 1.165) is 12.8 Å². The van der Waals surface area contributed by atoms with Gasteiger partial charge in [-0.25, -0.2) is 4.39 Å². The number of para-hydroxylation sites is 1. The highest BCUT2D eigenvalue weighted by atomic mass is 35.5. The van der Waals surface area contributed by atoms with Crippen LogP contribution in [0.3, 0.4) is 0 Å². The number of hydrogen-bond acceptors (Lipinski definition) is 5. The summed E-state index contributed by atoms with van der Waals surface area (Å²) in [6, 6.07) is 9.96. The molecule has 0 aliphatic carbocycles. The Bertz CT molecular complexity index is 1020. The third-order valence-corrected chi connectivity index (χ3v) is 5.02. The number of nitrogens with one attached hydrogen (secondary N) is 1. The van der Waals surface area contributed by atoms with Crippen LogP contribution in [0, 0.1) is 5.82 Å². The van der Waals surface area contributed by atoms with E-state index in [1.54, 1.807) is 29.2 Å². The molecule has 4 rings (SSSR count). The maximum absolute atomic E-state index is 13.9. The second kappa shape index (κ2) is 7.67. The quantitative estimate of drug-likeness (QED) is 0.701. The molecule has 1 unspecified atom stereocenters. The summed E-state index contributed by atoms with van der Waals surface area (Å²) >= 11 is 5.98. The second-order valence-electron chi connectivity index (χ2n) is 6.69. The van der Waals surface area contributed by atoms with E-state index in [1.165, 1.54) is 19.2 Å². The fourth-order valence-corrected chi connectivity index (χ4v) is 3.64. The molecular weight excluding hydrogens is 385 g/mol. The summed E-state index contributed by atoms with van der Waals surface area (Å²) in [6.07, 6.45) is 1.68. The second-order valence-corrected chi connectivity index (χ2v) is 7.12. The number of likely N-dealkylation sites (tertiary alicyclic amines) is 1. The molecule has 0 spiro atoms. The number of hydrogen-bond donors (Lipinski definition) is 1. The molecular formula is C20H19ClFN3O3. The van der Waals surface area contributed by atoms with Crippen LogP contribution in [-0.2, 0) is 0 Å². The van der Waals surface area contributed by atoms with Crippen molar-refractivity contribution in [3.8, 4) is 5.75 Å². The lowest BCUT2D eigenvalue weighted by molar-refractivity contribution is 0.0709. The molecule has 8 heteroatoms. The number of methoxy groups -OCH3 is 1. The monoisotopic (exact) mass is 403 g/mol. The highest BCUT2D eigenvalue weighted by molar-refractivity contribution is 6.31. The number of carbonyl (C=O) groups excluding carboxylic acids is 1. The maximum Gasteiger partial charge on any atom is 0.295 e. The van der Waals surface area contributed by atoms with Gasteiger partial charge in [0.1, 0.15) is 5.52 Å². The molecule has 1 aromatic heterocycles. The van der Waals surface area contributed by atoms with Crippen molar-refractivity contribution in [1.82, 2.24) is 9.88 Å². The first-order valence-electron chi connectivity index (χ1n) is 8.99. The predicted octanol–water partition coefficient (Wildman–Crippen LogP) is 4.35. The van der Waals surface area contributed by atoms with Crippen molar-refractivity contribution in [2.75, 3.05) is 25.5 Å². The lowest BCUT2D eigenvalue weighted by atomic mass is 10.0. The van der Waals surface area contributed by atoms with Gasteiger partial charge in [-0.1, -0.05) is 17.7 Å². The van der Waals surface area contributed by atoms with Crippen molar-refractivity contribution in [3.63, 3.8) is 0 Å². The fraction of sp³-hybridized carbons (Fsp3) is 0.300. The van der Waals surface area contributed by atoms with Crippen LogP contribution >= 0.6 is 11.6 Å². The van der Waals surface area contributed by atoms with Gasteiger partial charge in [-0.15, -0.1) is 0 Å². The molecule has 0 saturated carbocycles. The first-order chi connectivity index (χ1) is 13.5. The SMILES string of the molecule is COc1c(F)cccc1C(=O)N1CCCC(Nc2nc3cc(Cl)ccc3o2)C1. The maximum atomic E-state index is 13.9. The van der Waals surface area contributed by atoms with Crippen molar-refractivity contribution in [2.45, 2.75) is 18.9 Å². The number of carbonyl (C=O) groups is 1. The minimum Gasteiger partial charge on any atom is -0.493 e. The lowest BCUT2D eigenvalue weighted by Crippen LogP contribution is -2.45. The molecule has 1 aliphatic rings. The van der Waals surface area contributed by atoms with Gasteiger partial charge in [-0.05, 0) is 43.2 Å². The smallest absolute Gasteiger partial charge is 0.295 e. The van der Waals surface area contributed by atoms with Crippen molar-refractivity contribution < 1.29 is 18.3 Å². The zero-order valence-electron chi connectivity index (χ0n) is 15.2. The molecule has 1 atom stereocenters. The molecule has 3 aromatic rings. The normalized spacial score (nSPS) is 17.0. The van der Waals surface area contributed by atoms with Gasteiger partial charge < -0.3 is 19.4 Å². The van der Waals surface area contributed by atoms with Gasteiger partial charge in [0, 0.05) is 24.2 Å². The standard InChI is InChI=1S/C20H19ClFN3O3/c1-27-18-14(5-2-6-15(18)22)19(26)25-9-3-4-13(11-25)23-20-24-16-10-12(21)7-8-17(16)28-20/h2,5-8,10,13H,3-4,9,11H2,1H3,(H,23,24). The minimum atomic E-state index is -0.551. The minimum absolute atomic E-state index is 0.0270. The molecule has 6 nitrogen and oxygen atoms in total. The predicted molar refractivity (Wildman–Crippen MR) is 105 cm³/mol. The molecule has 146 valence electrons. The molecule has 1 saturated heterocycles. The molecule has 1 N–H and O–H groups in total. The summed E-state index contributed by atoms with van der Waals surface area (Å²) in [5.74, 6) is -0.837. The fourth-order valence-electron chi connectivity index (χ4n) is 3.47. The molecule has 1 aliphatic heterocycles. The zero-order valence-corrected chi connectivity index (χ0v) is 16.0. The number of fused-ring (bicyclic) bond motifs is 1. The summed E-state index contributed by atoms with van der Waals surface area (Å²) in [5, 5.41) is 3.83. The number of aromatic nitrogens is 1. The van der Waals surface area contributed by atoms with Crippen LogP contribution in [0.1, 0.15) is 23.2 Å². The number of halogens is 2. The summed E-state index contributed by atoms with van der Waals surface area (Å²) < 4.78 is 24.7. The highest BCUT2D eigenvalue weighted by Gasteiger charge is 2.28. The van der Waals surface area contributed by atoms with Crippen LogP contribution in [0.2, 0.25) is 5.02 Å². The van der Waals surface area contributed by atoms with Gasteiger partial charge in [0.25, 0.3) is 11.9 Å². The van der Waals surface area contributed by atoms with Gasteiger partial charge in [0.05, 0.1) is 12.7 Å². The summed E-state index contributed by atoms with van der Waals surface area (Å²) in [6.45, 7) is 1.05. The number of rotatable bonds is 4. The van der Waals surface area contributed by atoms with E-state index in [1.807, 2.05) is 0 Å². The molecule has 0 radical (unpaired) electrons. The molecule has 2 heterocycles. The van der Waals surface area contributed by atoms with Crippen LogP contribution in [0.4, 0.5) is 10.4 Å². The van der Waals surface area contributed by atoms with E-state index >= 15 is 0 Å². The average molecular weight is 404 g/mol. The number of piperidine rings is 1. The van der Waals surface area contributed by atoms with Crippen LogP contribution in [0.5, 0.6) is 5.75 Å². The summed E-state index contributed by atoms with van der Waals surface area (Å²) in [5.41, 5.74) is 1.53. The Kier molecular flexibility index (Phi) is 5.09. The summed E-state index contributed by atoms with van der Waals surface area (Å²) in [7, 11) is 1.36. The third kappa shape index (κ3) is 3.62. The molecule has 28 heavy (non-hydrogen) atoms. The number of amides is 1. The number of nitrogens with zero attached hydrogens (tertiary/aromatic N) is 2. The first-order valence-corrected chi connectivity index (χ1v) is 9.37.